The van der Waals surface area contributed by atoms with Gasteiger partial charge < -0.3 is 19.5 Å². The molecule has 0 aromatic carbocycles. The smallest absolute Gasteiger partial charge is 0.348 e. The molecule has 2 aromatic rings. The fraction of sp³-hybridized carbons (Fsp3) is 0.316. The summed E-state index contributed by atoms with van der Waals surface area (Å²) in [6.45, 7) is 4.76. The van der Waals surface area contributed by atoms with E-state index < -0.39 is 29.9 Å². The Balaban J connectivity index is 2.21. The first-order chi connectivity index (χ1) is 13.8. The van der Waals surface area contributed by atoms with Gasteiger partial charge in [0.25, 0.3) is 5.91 Å². The molecule has 2 rings (SSSR count). The van der Waals surface area contributed by atoms with Crippen molar-refractivity contribution in [2.45, 2.75) is 26.9 Å². The Morgan fingerprint density at radius 1 is 1.14 bits per heavy atom. The fourth-order valence-corrected chi connectivity index (χ4v) is 3.42. The van der Waals surface area contributed by atoms with Crippen molar-refractivity contribution in [2.24, 2.45) is 0 Å². The van der Waals surface area contributed by atoms with Gasteiger partial charge in [0, 0.05) is 12.4 Å². The number of pyridine rings is 1. The molecule has 0 spiro atoms. The minimum absolute atomic E-state index is 0.0431. The number of nitrogens with one attached hydrogen (secondary N) is 1. The molecule has 0 aliphatic rings. The topological polar surface area (TPSA) is 121 Å². The molecule has 1 unspecified atom stereocenters. The molecular formula is C19H20N2O7S. The summed E-state index contributed by atoms with van der Waals surface area (Å²) in [6.07, 6.45) is 1.69. The van der Waals surface area contributed by atoms with Crippen molar-refractivity contribution in [3.63, 3.8) is 0 Å². The number of anilines is 1. The number of thiophene rings is 1. The highest BCUT2D eigenvalue weighted by Crippen LogP contribution is 2.34. The van der Waals surface area contributed by atoms with Crippen LogP contribution in [0.25, 0.3) is 0 Å². The fourth-order valence-electron chi connectivity index (χ4n) is 2.32. The maximum Gasteiger partial charge on any atom is 0.348 e. The highest BCUT2D eigenvalue weighted by atomic mass is 32.1. The first-order valence-corrected chi connectivity index (χ1v) is 9.42. The lowest BCUT2D eigenvalue weighted by Crippen LogP contribution is -2.30. The SMILES string of the molecule is CCOC(=O)c1sc(NC(=O)C(C)OC(=O)c2ccncc2)c(C(=O)OC)c1C. The van der Waals surface area contributed by atoms with Gasteiger partial charge in [0.2, 0.25) is 0 Å². The van der Waals surface area contributed by atoms with Crippen LogP contribution in [-0.4, -0.2) is 48.6 Å². The lowest BCUT2D eigenvalue weighted by molar-refractivity contribution is -0.123. The van der Waals surface area contributed by atoms with Crippen molar-refractivity contribution in [3.8, 4) is 0 Å². The van der Waals surface area contributed by atoms with Crippen LogP contribution in [0.15, 0.2) is 24.5 Å². The van der Waals surface area contributed by atoms with Crippen LogP contribution in [0.4, 0.5) is 5.00 Å². The van der Waals surface area contributed by atoms with Crippen LogP contribution in [0.5, 0.6) is 0 Å². The Morgan fingerprint density at radius 3 is 2.38 bits per heavy atom. The second kappa shape index (κ2) is 9.78. The van der Waals surface area contributed by atoms with Crippen molar-refractivity contribution >= 4 is 40.2 Å². The van der Waals surface area contributed by atoms with Crippen molar-refractivity contribution in [1.29, 1.82) is 0 Å². The maximum atomic E-state index is 12.5. The summed E-state index contributed by atoms with van der Waals surface area (Å²) < 4.78 is 14.9. The molecule has 154 valence electrons. The minimum atomic E-state index is -1.16. The van der Waals surface area contributed by atoms with E-state index in [0.29, 0.717) is 5.56 Å². The molecule has 0 bridgehead atoms. The van der Waals surface area contributed by atoms with Gasteiger partial charge in [-0.1, -0.05) is 0 Å². The third-order valence-electron chi connectivity index (χ3n) is 3.80. The van der Waals surface area contributed by atoms with E-state index in [-0.39, 0.29) is 27.6 Å². The van der Waals surface area contributed by atoms with Gasteiger partial charge >= 0.3 is 17.9 Å². The number of rotatable bonds is 7. The molecule has 1 N–H and O–H groups in total. The average molecular weight is 420 g/mol. The molecule has 10 heteroatoms. The number of esters is 3. The zero-order valence-electron chi connectivity index (χ0n) is 16.3. The lowest BCUT2D eigenvalue weighted by atomic mass is 10.1. The van der Waals surface area contributed by atoms with E-state index in [9.17, 15) is 19.2 Å². The van der Waals surface area contributed by atoms with Crippen molar-refractivity contribution < 1.29 is 33.4 Å². The summed E-state index contributed by atoms with van der Waals surface area (Å²) in [7, 11) is 1.19. The van der Waals surface area contributed by atoms with Crippen LogP contribution in [-0.2, 0) is 19.0 Å². The summed E-state index contributed by atoms with van der Waals surface area (Å²) in [4.78, 5) is 52.8. The van der Waals surface area contributed by atoms with Gasteiger partial charge in [0.05, 0.1) is 24.8 Å². The summed E-state index contributed by atoms with van der Waals surface area (Å²) >= 11 is 0.883. The highest BCUT2D eigenvalue weighted by Gasteiger charge is 2.28. The molecule has 0 aliphatic carbocycles. The number of hydrogen-bond donors (Lipinski definition) is 1. The molecule has 1 atom stereocenters. The van der Waals surface area contributed by atoms with Gasteiger partial charge in [-0.25, -0.2) is 14.4 Å². The standard InChI is InChI=1S/C19H20N2O7S/c1-5-27-19(25)14-10(2)13(18(24)26-4)16(29-14)21-15(22)11(3)28-17(23)12-6-8-20-9-7-12/h6-9,11H,5H2,1-4H3,(H,21,22). The Labute approximate surface area is 171 Å². The lowest BCUT2D eigenvalue weighted by Gasteiger charge is -2.13. The Morgan fingerprint density at radius 2 is 1.79 bits per heavy atom. The second-order valence-corrected chi connectivity index (χ2v) is 6.77. The van der Waals surface area contributed by atoms with Crippen LogP contribution in [0.2, 0.25) is 0 Å². The number of carbonyl (C=O) groups is 4. The van der Waals surface area contributed by atoms with E-state index >= 15 is 0 Å². The largest absolute Gasteiger partial charge is 0.465 e. The predicted octanol–water partition coefficient (Wildman–Crippen LogP) is 2.60. The van der Waals surface area contributed by atoms with Crippen molar-refractivity contribution in [3.05, 3.63) is 46.1 Å². The van der Waals surface area contributed by atoms with Gasteiger partial charge in [0.1, 0.15) is 9.88 Å². The molecule has 2 heterocycles. The predicted molar refractivity (Wildman–Crippen MR) is 104 cm³/mol. The van der Waals surface area contributed by atoms with Crippen molar-refractivity contribution in [1.82, 2.24) is 4.98 Å². The first kappa shape index (κ1) is 22.0. The van der Waals surface area contributed by atoms with Gasteiger partial charge in [-0.15, -0.1) is 11.3 Å². The molecule has 9 nitrogen and oxygen atoms in total. The number of hydrogen-bond acceptors (Lipinski definition) is 9. The number of aromatic nitrogens is 1. The molecule has 0 saturated heterocycles. The van der Waals surface area contributed by atoms with Gasteiger partial charge in [-0.3, -0.25) is 9.78 Å². The number of ether oxygens (including phenoxy) is 3. The Hall–Kier alpha value is -3.27. The van der Waals surface area contributed by atoms with Crippen LogP contribution >= 0.6 is 11.3 Å². The maximum absolute atomic E-state index is 12.5. The summed E-state index contributed by atoms with van der Waals surface area (Å²) in [6, 6.07) is 2.91. The highest BCUT2D eigenvalue weighted by molar-refractivity contribution is 7.18. The normalized spacial score (nSPS) is 11.3. The molecule has 0 saturated carbocycles. The van der Waals surface area contributed by atoms with E-state index in [1.165, 1.54) is 38.6 Å². The van der Waals surface area contributed by atoms with Crippen molar-refractivity contribution in [2.75, 3.05) is 19.0 Å². The molecular weight excluding hydrogens is 400 g/mol. The van der Waals surface area contributed by atoms with E-state index in [0.717, 1.165) is 11.3 Å². The van der Waals surface area contributed by atoms with Gasteiger partial charge in [-0.2, -0.15) is 0 Å². The van der Waals surface area contributed by atoms with Crippen LogP contribution in [0.1, 0.15) is 49.8 Å². The average Bonchev–Trinajstić information content (AvgIpc) is 3.04. The van der Waals surface area contributed by atoms with E-state index in [2.05, 4.69) is 10.3 Å². The molecule has 1 amide bonds. The zero-order valence-corrected chi connectivity index (χ0v) is 17.1. The number of amides is 1. The molecule has 2 aromatic heterocycles. The quantitative estimate of drug-likeness (QED) is 0.536. The Bertz CT molecular complexity index is 924. The summed E-state index contributed by atoms with van der Waals surface area (Å²) in [5, 5.41) is 2.63. The minimum Gasteiger partial charge on any atom is -0.465 e. The zero-order chi connectivity index (χ0) is 21.6. The molecule has 29 heavy (non-hydrogen) atoms. The van der Waals surface area contributed by atoms with E-state index in [1.807, 2.05) is 0 Å². The number of carbonyl (C=O) groups excluding carboxylic acids is 4. The number of methoxy groups -OCH3 is 1. The summed E-state index contributed by atoms with van der Waals surface area (Å²) in [5.41, 5.74) is 0.616. The third-order valence-corrected chi connectivity index (χ3v) is 4.99. The van der Waals surface area contributed by atoms with Gasteiger partial charge in [0.15, 0.2) is 6.10 Å². The molecule has 0 fully saturated rings. The monoisotopic (exact) mass is 420 g/mol. The number of nitrogens with zero attached hydrogens (tertiary/aromatic N) is 1. The van der Waals surface area contributed by atoms with E-state index in [1.54, 1.807) is 13.8 Å². The Kier molecular flexibility index (Phi) is 7.43. The van der Waals surface area contributed by atoms with Gasteiger partial charge in [-0.05, 0) is 38.5 Å². The van der Waals surface area contributed by atoms with Crippen LogP contribution in [0.3, 0.4) is 0 Å². The third kappa shape index (κ3) is 5.17. The van der Waals surface area contributed by atoms with Crippen LogP contribution in [0, 0.1) is 6.92 Å². The second-order valence-electron chi connectivity index (χ2n) is 5.75. The molecule has 0 aliphatic heterocycles. The summed E-state index contributed by atoms with van der Waals surface area (Å²) in [5.74, 6) is -2.70. The van der Waals surface area contributed by atoms with Crippen LogP contribution < -0.4 is 5.32 Å². The van der Waals surface area contributed by atoms with E-state index in [4.69, 9.17) is 14.2 Å². The first-order valence-electron chi connectivity index (χ1n) is 8.60. The molecule has 0 radical (unpaired) electrons.